The predicted molar refractivity (Wildman–Crippen MR) is 92.0 cm³/mol. The minimum atomic E-state index is 0.530. The molecule has 1 aromatic carbocycles. The van der Waals surface area contributed by atoms with Crippen LogP contribution in [0.15, 0.2) is 42.7 Å². The zero-order valence-electron chi connectivity index (χ0n) is 13.9. The molecule has 0 spiro atoms. The molecule has 122 valence electrons. The molecule has 2 aromatic rings. The van der Waals surface area contributed by atoms with Gasteiger partial charge in [-0.15, -0.1) is 0 Å². The van der Waals surface area contributed by atoms with E-state index < -0.39 is 0 Å². The summed E-state index contributed by atoms with van der Waals surface area (Å²) in [5.74, 6) is 1.76. The molecule has 1 unspecified atom stereocenters. The number of benzene rings is 1. The summed E-state index contributed by atoms with van der Waals surface area (Å²) in [6, 6.07) is 10.8. The Morgan fingerprint density at radius 2 is 1.70 bits per heavy atom. The third-order valence-corrected chi connectivity index (χ3v) is 4.46. The predicted octanol–water partition coefficient (Wildman–Crippen LogP) is 2.24. The van der Waals surface area contributed by atoms with Crippen LogP contribution >= 0.6 is 0 Å². The first-order valence-corrected chi connectivity index (χ1v) is 8.15. The third-order valence-electron chi connectivity index (χ3n) is 4.46. The Morgan fingerprint density at radius 1 is 1.04 bits per heavy atom. The van der Waals surface area contributed by atoms with Crippen LogP contribution in [-0.4, -0.2) is 54.2 Å². The number of rotatable bonds is 5. The van der Waals surface area contributed by atoms with Crippen LogP contribution in [0.2, 0.25) is 0 Å². The molecule has 1 fully saturated rings. The first-order valence-electron chi connectivity index (χ1n) is 8.15. The highest BCUT2D eigenvalue weighted by molar-refractivity contribution is 5.30. The van der Waals surface area contributed by atoms with E-state index in [9.17, 15) is 0 Å². The highest BCUT2D eigenvalue weighted by Crippen LogP contribution is 2.17. The van der Waals surface area contributed by atoms with E-state index in [0.29, 0.717) is 6.04 Å². The zero-order chi connectivity index (χ0) is 16.1. The molecule has 2 heterocycles. The van der Waals surface area contributed by atoms with Crippen LogP contribution in [0.5, 0.6) is 5.75 Å². The lowest BCUT2D eigenvalue weighted by Gasteiger charge is -2.38. The summed E-state index contributed by atoms with van der Waals surface area (Å²) in [6.45, 7) is 6.37. The van der Waals surface area contributed by atoms with Crippen LogP contribution in [-0.2, 0) is 6.42 Å². The van der Waals surface area contributed by atoms with Crippen LogP contribution in [0.4, 0.5) is 5.95 Å². The summed E-state index contributed by atoms with van der Waals surface area (Å²) in [5.41, 5.74) is 1.35. The van der Waals surface area contributed by atoms with Gasteiger partial charge in [0, 0.05) is 44.6 Å². The molecule has 0 radical (unpaired) electrons. The number of anilines is 1. The van der Waals surface area contributed by atoms with E-state index in [1.54, 1.807) is 19.5 Å². The molecule has 1 atom stereocenters. The minimum Gasteiger partial charge on any atom is -0.497 e. The zero-order valence-corrected chi connectivity index (χ0v) is 13.9. The maximum Gasteiger partial charge on any atom is 0.225 e. The molecule has 1 aromatic heterocycles. The highest BCUT2D eigenvalue weighted by atomic mass is 16.5. The molecule has 1 aliphatic heterocycles. The van der Waals surface area contributed by atoms with Crippen molar-refractivity contribution in [2.24, 2.45) is 0 Å². The third kappa shape index (κ3) is 3.99. The Kier molecular flexibility index (Phi) is 5.08. The normalized spacial score (nSPS) is 17.0. The van der Waals surface area contributed by atoms with Gasteiger partial charge in [0.1, 0.15) is 5.75 Å². The number of methoxy groups -OCH3 is 1. The second-order valence-electron chi connectivity index (χ2n) is 5.97. The van der Waals surface area contributed by atoms with E-state index >= 15 is 0 Å². The largest absolute Gasteiger partial charge is 0.497 e. The van der Waals surface area contributed by atoms with Crippen molar-refractivity contribution in [2.75, 3.05) is 38.2 Å². The second kappa shape index (κ2) is 7.42. The summed E-state index contributed by atoms with van der Waals surface area (Å²) < 4.78 is 5.22. The molecule has 0 saturated carbocycles. The van der Waals surface area contributed by atoms with Crippen molar-refractivity contribution < 1.29 is 4.74 Å². The summed E-state index contributed by atoms with van der Waals surface area (Å²) in [7, 11) is 1.70. The standard InChI is InChI=1S/C18H24N4O/c1-15(14-16-4-6-17(23-2)7-5-16)21-10-12-22(13-11-21)18-19-8-3-9-20-18/h3-9,15H,10-14H2,1-2H3. The van der Waals surface area contributed by atoms with E-state index in [4.69, 9.17) is 4.74 Å². The smallest absolute Gasteiger partial charge is 0.225 e. The van der Waals surface area contributed by atoms with E-state index in [2.05, 4.69) is 38.8 Å². The lowest BCUT2D eigenvalue weighted by molar-refractivity contribution is 0.195. The topological polar surface area (TPSA) is 41.5 Å². The minimum absolute atomic E-state index is 0.530. The summed E-state index contributed by atoms with van der Waals surface area (Å²) in [5, 5.41) is 0. The average Bonchev–Trinajstić information content (AvgIpc) is 2.63. The number of hydrogen-bond donors (Lipinski definition) is 0. The number of aromatic nitrogens is 2. The Bertz CT molecular complexity index is 594. The van der Waals surface area contributed by atoms with Crippen LogP contribution in [0.1, 0.15) is 12.5 Å². The molecule has 0 aliphatic carbocycles. The van der Waals surface area contributed by atoms with Crippen molar-refractivity contribution in [3.8, 4) is 5.75 Å². The number of piperazine rings is 1. The van der Waals surface area contributed by atoms with Crippen LogP contribution < -0.4 is 9.64 Å². The van der Waals surface area contributed by atoms with Crippen molar-refractivity contribution in [1.29, 1.82) is 0 Å². The van der Waals surface area contributed by atoms with E-state index in [1.165, 1.54) is 5.56 Å². The highest BCUT2D eigenvalue weighted by Gasteiger charge is 2.22. The Hall–Kier alpha value is -2.14. The summed E-state index contributed by atoms with van der Waals surface area (Å²) >= 11 is 0. The van der Waals surface area contributed by atoms with Gasteiger partial charge in [0.05, 0.1) is 7.11 Å². The maximum absolute atomic E-state index is 5.22. The molecular formula is C18H24N4O. The van der Waals surface area contributed by atoms with Gasteiger partial charge >= 0.3 is 0 Å². The van der Waals surface area contributed by atoms with Gasteiger partial charge in [0.25, 0.3) is 0 Å². The molecule has 0 amide bonds. The van der Waals surface area contributed by atoms with E-state index in [0.717, 1.165) is 44.3 Å². The van der Waals surface area contributed by atoms with Crippen molar-refractivity contribution in [3.63, 3.8) is 0 Å². The van der Waals surface area contributed by atoms with Gasteiger partial charge in [0.15, 0.2) is 0 Å². The quantitative estimate of drug-likeness (QED) is 0.847. The van der Waals surface area contributed by atoms with Gasteiger partial charge in [-0.3, -0.25) is 4.90 Å². The number of nitrogens with zero attached hydrogens (tertiary/aromatic N) is 4. The SMILES string of the molecule is COc1ccc(CC(C)N2CCN(c3ncccn3)CC2)cc1. The van der Waals surface area contributed by atoms with Crippen molar-refractivity contribution >= 4 is 5.95 Å². The van der Waals surface area contributed by atoms with Gasteiger partial charge in [-0.2, -0.15) is 0 Å². The summed E-state index contributed by atoms with van der Waals surface area (Å²) in [6.07, 6.45) is 4.67. The van der Waals surface area contributed by atoms with Gasteiger partial charge in [-0.25, -0.2) is 9.97 Å². The maximum atomic E-state index is 5.22. The van der Waals surface area contributed by atoms with Gasteiger partial charge < -0.3 is 9.64 Å². The first-order chi connectivity index (χ1) is 11.3. The van der Waals surface area contributed by atoms with E-state index in [-0.39, 0.29) is 0 Å². The fourth-order valence-electron chi connectivity index (χ4n) is 3.05. The molecule has 0 N–H and O–H groups in total. The molecule has 1 aliphatic rings. The molecule has 3 rings (SSSR count). The van der Waals surface area contributed by atoms with Crippen molar-refractivity contribution in [3.05, 3.63) is 48.3 Å². The molecule has 23 heavy (non-hydrogen) atoms. The molecular weight excluding hydrogens is 288 g/mol. The van der Waals surface area contributed by atoms with Gasteiger partial charge in [0.2, 0.25) is 5.95 Å². The Morgan fingerprint density at radius 3 is 2.30 bits per heavy atom. The number of ether oxygens (including phenoxy) is 1. The van der Waals surface area contributed by atoms with Crippen LogP contribution in [0.25, 0.3) is 0 Å². The number of hydrogen-bond acceptors (Lipinski definition) is 5. The summed E-state index contributed by atoms with van der Waals surface area (Å²) in [4.78, 5) is 13.5. The Balaban J connectivity index is 1.52. The van der Waals surface area contributed by atoms with Crippen LogP contribution in [0, 0.1) is 0 Å². The van der Waals surface area contributed by atoms with Gasteiger partial charge in [-0.05, 0) is 37.1 Å². The van der Waals surface area contributed by atoms with Crippen molar-refractivity contribution in [2.45, 2.75) is 19.4 Å². The average molecular weight is 312 g/mol. The molecule has 5 heteroatoms. The first kappa shape index (κ1) is 15.7. The fourth-order valence-corrected chi connectivity index (χ4v) is 3.05. The molecule has 0 bridgehead atoms. The lowest BCUT2D eigenvalue weighted by Crippen LogP contribution is -2.50. The lowest BCUT2D eigenvalue weighted by atomic mass is 10.1. The monoisotopic (exact) mass is 312 g/mol. The van der Waals surface area contributed by atoms with Crippen molar-refractivity contribution in [1.82, 2.24) is 14.9 Å². The molecule has 5 nitrogen and oxygen atoms in total. The van der Waals surface area contributed by atoms with Crippen LogP contribution in [0.3, 0.4) is 0 Å². The fraction of sp³-hybridized carbons (Fsp3) is 0.444. The molecule has 1 saturated heterocycles. The van der Waals surface area contributed by atoms with E-state index in [1.807, 2.05) is 18.2 Å². The van der Waals surface area contributed by atoms with Gasteiger partial charge in [-0.1, -0.05) is 12.1 Å². The Labute approximate surface area is 137 Å². The second-order valence-corrected chi connectivity index (χ2v) is 5.97.